The fraction of sp³-hybridized carbons (Fsp3) is 0.357. The molecule has 0 spiro atoms. The van der Waals surface area contributed by atoms with E-state index in [9.17, 15) is 4.39 Å². The predicted octanol–water partition coefficient (Wildman–Crippen LogP) is 3.21. The lowest BCUT2D eigenvalue weighted by molar-refractivity contribution is 0.626. The number of thiazole rings is 1. The van der Waals surface area contributed by atoms with Crippen LogP contribution in [0.25, 0.3) is 0 Å². The number of fused-ring (bicyclic) bond motifs is 1. The molecule has 1 unspecified atom stereocenters. The van der Waals surface area contributed by atoms with Crippen molar-refractivity contribution < 1.29 is 4.39 Å². The molecule has 2 nitrogen and oxygen atoms in total. The van der Waals surface area contributed by atoms with Crippen LogP contribution in [0.2, 0.25) is 0 Å². The summed E-state index contributed by atoms with van der Waals surface area (Å²) >= 11 is 1.71. The van der Waals surface area contributed by atoms with Crippen LogP contribution in [0.3, 0.4) is 0 Å². The van der Waals surface area contributed by atoms with E-state index in [0.717, 1.165) is 23.4 Å². The molecule has 0 radical (unpaired) electrons. The first-order valence-corrected chi connectivity index (χ1v) is 7.05. The number of halogens is 1. The van der Waals surface area contributed by atoms with E-state index in [1.54, 1.807) is 23.5 Å². The summed E-state index contributed by atoms with van der Waals surface area (Å²) in [5.74, 6) is -0.232. The van der Waals surface area contributed by atoms with E-state index in [4.69, 9.17) is 5.73 Å². The highest BCUT2D eigenvalue weighted by Gasteiger charge is 2.19. The fourth-order valence-corrected chi connectivity index (χ4v) is 3.50. The molecule has 1 atom stereocenters. The van der Waals surface area contributed by atoms with Crippen molar-refractivity contribution in [2.75, 3.05) is 0 Å². The molecule has 1 heterocycles. The molecule has 1 aromatic carbocycles. The molecule has 0 saturated heterocycles. The minimum atomic E-state index is -0.235. The van der Waals surface area contributed by atoms with Gasteiger partial charge in [0.1, 0.15) is 10.8 Å². The van der Waals surface area contributed by atoms with Gasteiger partial charge in [0.15, 0.2) is 0 Å². The first-order valence-electron chi connectivity index (χ1n) is 6.23. The minimum Gasteiger partial charge on any atom is -0.318 e. The Morgan fingerprint density at radius 2 is 1.89 bits per heavy atom. The highest BCUT2D eigenvalue weighted by molar-refractivity contribution is 7.11. The summed E-state index contributed by atoms with van der Waals surface area (Å²) in [5.41, 5.74) is 8.34. The van der Waals surface area contributed by atoms with Crippen molar-refractivity contribution in [1.82, 2.24) is 4.98 Å². The third-order valence-electron chi connectivity index (χ3n) is 3.36. The van der Waals surface area contributed by atoms with Crippen molar-refractivity contribution >= 4 is 11.3 Å². The van der Waals surface area contributed by atoms with Gasteiger partial charge in [-0.2, -0.15) is 0 Å². The molecule has 0 saturated carbocycles. The van der Waals surface area contributed by atoms with Gasteiger partial charge in [0.2, 0.25) is 0 Å². The Morgan fingerprint density at radius 3 is 2.61 bits per heavy atom. The highest BCUT2D eigenvalue weighted by atomic mass is 32.1. The number of nitrogens with zero attached hydrogens (tertiary/aromatic N) is 1. The molecule has 2 aromatic rings. The normalized spacial score (nSPS) is 16.3. The number of benzene rings is 1. The van der Waals surface area contributed by atoms with E-state index in [1.165, 1.54) is 35.5 Å². The molecule has 4 heteroatoms. The van der Waals surface area contributed by atoms with Crippen LogP contribution in [-0.4, -0.2) is 4.98 Å². The largest absolute Gasteiger partial charge is 0.318 e. The van der Waals surface area contributed by atoms with Gasteiger partial charge in [-0.05, 0) is 43.4 Å². The molecule has 1 aromatic heterocycles. The van der Waals surface area contributed by atoms with E-state index < -0.39 is 0 Å². The Morgan fingerprint density at radius 1 is 1.17 bits per heavy atom. The highest BCUT2D eigenvalue weighted by Crippen LogP contribution is 2.31. The monoisotopic (exact) mass is 262 g/mol. The Kier molecular flexibility index (Phi) is 3.14. The minimum absolute atomic E-state index is 0.232. The average Bonchev–Trinajstić information content (AvgIpc) is 2.82. The maximum atomic E-state index is 12.9. The number of nitrogens with two attached hydrogens (primary N) is 1. The third-order valence-corrected chi connectivity index (χ3v) is 4.60. The van der Waals surface area contributed by atoms with Crippen LogP contribution in [0.15, 0.2) is 24.3 Å². The van der Waals surface area contributed by atoms with Gasteiger partial charge >= 0.3 is 0 Å². The molecule has 0 aliphatic heterocycles. The van der Waals surface area contributed by atoms with Crippen LogP contribution in [0, 0.1) is 5.82 Å². The second-order valence-electron chi connectivity index (χ2n) is 4.66. The summed E-state index contributed by atoms with van der Waals surface area (Å²) in [4.78, 5) is 6.03. The first-order chi connectivity index (χ1) is 8.74. The summed E-state index contributed by atoms with van der Waals surface area (Å²) in [7, 11) is 0. The van der Waals surface area contributed by atoms with Crippen LogP contribution in [0.1, 0.15) is 40.0 Å². The van der Waals surface area contributed by atoms with E-state index in [1.807, 2.05) is 0 Å². The first kappa shape index (κ1) is 11.8. The van der Waals surface area contributed by atoms with Crippen LogP contribution in [-0.2, 0) is 12.8 Å². The molecule has 2 N–H and O–H groups in total. The van der Waals surface area contributed by atoms with Crippen molar-refractivity contribution in [3.05, 3.63) is 51.2 Å². The fourth-order valence-electron chi connectivity index (χ4n) is 2.32. The molecule has 18 heavy (non-hydrogen) atoms. The van der Waals surface area contributed by atoms with Gasteiger partial charge in [0.05, 0.1) is 11.7 Å². The van der Waals surface area contributed by atoms with E-state index in [0.29, 0.717) is 0 Å². The lowest BCUT2D eigenvalue weighted by atomic mass is 10.0. The van der Waals surface area contributed by atoms with Gasteiger partial charge in [-0.15, -0.1) is 11.3 Å². The average molecular weight is 262 g/mol. The molecule has 1 aliphatic rings. The van der Waals surface area contributed by atoms with Gasteiger partial charge in [-0.25, -0.2) is 9.37 Å². The van der Waals surface area contributed by atoms with E-state index in [2.05, 4.69) is 4.98 Å². The van der Waals surface area contributed by atoms with Gasteiger partial charge in [0.25, 0.3) is 0 Å². The maximum Gasteiger partial charge on any atom is 0.123 e. The summed E-state index contributed by atoms with van der Waals surface area (Å²) in [5, 5.41) is 0.952. The summed E-state index contributed by atoms with van der Waals surface area (Å²) in [6.45, 7) is 0. The van der Waals surface area contributed by atoms with Crippen LogP contribution < -0.4 is 5.73 Å². The lowest BCUT2D eigenvalue weighted by Crippen LogP contribution is -2.11. The zero-order chi connectivity index (χ0) is 12.5. The number of aryl methyl sites for hydroxylation is 2. The molecule has 0 bridgehead atoms. The molecular weight excluding hydrogens is 247 g/mol. The second kappa shape index (κ2) is 4.78. The summed E-state index contributed by atoms with van der Waals surface area (Å²) in [6.07, 6.45) is 4.67. The molecule has 0 fully saturated rings. The van der Waals surface area contributed by atoms with Gasteiger partial charge < -0.3 is 5.73 Å². The summed E-state index contributed by atoms with van der Waals surface area (Å²) in [6, 6.07) is 6.13. The Hall–Kier alpha value is -1.26. The van der Waals surface area contributed by atoms with E-state index in [-0.39, 0.29) is 11.9 Å². The zero-order valence-corrected chi connectivity index (χ0v) is 10.8. The van der Waals surface area contributed by atoms with Crippen molar-refractivity contribution in [2.24, 2.45) is 5.73 Å². The molecule has 94 valence electrons. The molecule has 1 aliphatic carbocycles. The van der Waals surface area contributed by atoms with Gasteiger partial charge in [-0.3, -0.25) is 0 Å². The predicted molar refractivity (Wildman–Crippen MR) is 71.2 cm³/mol. The summed E-state index contributed by atoms with van der Waals surface area (Å²) < 4.78 is 12.9. The standard InChI is InChI=1S/C14H15FN2S/c15-10-7-5-9(6-8-10)13(16)14-17-11-3-1-2-4-12(11)18-14/h5-8,13H,1-4,16H2. The maximum absolute atomic E-state index is 12.9. The lowest BCUT2D eigenvalue weighted by Gasteiger charge is -2.08. The molecule has 3 rings (SSSR count). The molecular formula is C14H15FN2S. The Balaban J connectivity index is 1.89. The van der Waals surface area contributed by atoms with Crippen LogP contribution in [0.5, 0.6) is 0 Å². The van der Waals surface area contributed by atoms with Crippen molar-refractivity contribution in [3.8, 4) is 0 Å². The quantitative estimate of drug-likeness (QED) is 0.902. The second-order valence-corrected chi connectivity index (χ2v) is 5.77. The topological polar surface area (TPSA) is 38.9 Å². The van der Waals surface area contributed by atoms with E-state index >= 15 is 0 Å². The SMILES string of the molecule is NC(c1ccc(F)cc1)c1nc2c(s1)CCCC2. The number of rotatable bonds is 2. The van der Waals surface area contributed by atoms with Gasteiger partial charge in [-0.1, -0.05) is 12.1 Å². The van der Waals surface area contributed by atoms with Crippen LogP contribution in [0.4, 0.5) is 4.39 Å². The number of hydrogen-bond acceptors (Lipinski definition) is 3. The smallest absolute Gasteiger partial charge is 0.123 e. The van der Waals surface area contributed by atoms with Crippen molar-refractivity contribution in [3.63, 3.8) is 0 Å². The number of hydrogen-bond donors (Lipinski definition) is 1. The van der Waals surface area contributed by atoms with Crippen LogP contribution >= 0.6 is 11.3 Å². The molecule has 0 amide bonds. The van der Waals surface area contributed by atoms with Crippen molar-refractivity contribution in [2.45, 2.75) is 31.7 Å². The van der Waals surface area contributed by atoms with Crippen molar-refractivity contribution in [1.29, 1.82) is 0 Å². The zero-order valence-electron chi connectivity index (χ0n) is 10.0. The third kappa shape index (κ3) is 2.18. The number of aromatic nitrogens is 1. The van der Waals surface area contributed by atoms with Gasteiger partial charge in [0, 0.05) is 4.88 Å². The Bertz CT molecular complexity index is 524. The Labute approximate surface area is 110 Å².